The van der Waals surface area contributed by atoms with Gasteiger partial charge in [0, 0.05) is 12.1 Å². The third-order valence-corrected chi connectivity index (χ3v) is 2.75. The van der Waals surface area contributed by atoms with E-state index in [0.29, 0.717) is 0 Å². The van der Waals surface area contributed by atoms with Gasteiger partial charge in [-0.15, -0.1) is 0 Å². The fourth-order valence-electron chi connectivity index (χ4n) is 1.58. The maximum Gasteiger partial charge on any atom is 0.169 e. The van der Waals surface area contributed by atoms with E-state index in [9.17, 15) is 4.79 Å². The van der Waals surface area contributed by atoms with Gasteiger partial charge in [0.15, 0.2) is 5.78 Å². The molecule has 78 valence electrons. The number of pyridine rings is 1. The molecule has 1 atom stereocenters. The molecule has 2 rings (SSSR count). The summed E-state index contributed by atoms with van der Waals surface area (Å²) in [5.41, 5.74) is 1.62. The molecule has 0 bridgehead atoms. The summed E-state index contributed by atoms with van der Waals surface area (Å²) in [6.45, 7) is 3.98. The maximum absolute atomic E-state index is 12.0. The molecular formula is C12H14N2O. The van der Waals surface area contributed by atoms with Crippen molar-refractivity contribution in [3.8, 4) is 0 Å². The minimum Gasteiger partial charge on any atom is -0.294 e. The topological polar surface area (TPSA) is 34.4 Å². The van der Waals surface area contributed by atoms with Crippen LogP contribution in [0.15, 0.2) is 30.6 Å². The summed E-state index contributed by atoms with van der Waals surface area (Å²) in [4.78, 5) is 12.0. The Bertz CT molecular complexity index is 487. The summed E-state index contributed by atoms with van der Waals surface area (Å²) in [6, 6.07) is 5.74. The first-order valence-electron chi connectivity index (χ1n) is 5.20. The number of Topliss-reactive ketones (excluding diaryl/α,β-unsaturated/α-hetero) is 1. The Hall–Kier alpha value is -1.64. The smallest absolute Gasteiger partial charge is 0.169 e. The molecule has 0 N–H and O–H groups in total. The van der Waals surface area contributed by atoms with E-state index in [2.05, 4.69) is 5.10 Å². The number of fused-ring (bicyclic) bond motifs is 1. The Morgan fingerprint density at radius 2 is 2.33 bits per heavy atom. The fraction of sp³-hybridized carbons (Fsp3) is 0.333. The molecule has 0 radical (unpaired) electrons. The zero-order chi connectivity index (χ0) is 10.8. The fourth-order valence-corrected chi connectivity index (χ4v) is 1.58. The lowest BCUT2D eigenvalue weighted by Crippen LogP contribution is -2.09. The van der Waals surface area contributed by atoms with Crippen LogP contribution in [0.5, 0.6) is 0 Å². The molecule has 0 spiro atoms. The zero-order valence-corrected chi connectivity index (χ0v) is 8.97. The molecule has 2 aromatic heterocycles. The van der Waals surface area contributed by atoms with Gasteiger partial charge in [-0.2, -0.15) is 5.10 Å². The number of ketones is 1. The predicted molar refractivity (Wildman–Crippen MR) is 59.0 cm³/mol. The van der Waals surface area contributed by atoms with Crippen LogP contribution in [-0.4, -0.2) is 15.4 Å². The minimum atomic E-state index is 0.0678. The molecule has 0 fully saturated rings. The van der Waals surface area contributed by atoms with Crippen molar-refractivity contribution in [1.82, 2.24) is 9.61 Å². The average Bonchev–Trinajstić information content (AvgIpc) is 2.70. The Morgan fingerprint density at radius 1 is 1.53 bits per heavy atom. The number of carbonyl (C=O) groups is 1. The number of carbonyl (C=O) groups excluding carboxylic acids is 1. The molecule has 0 aliphatic carbocycles. The van der Waals surface area contributed by atoms with Gasteiger partial charge < -0.3 is 0 Å². The van der Waals surface area contributed by atoms with Crippen LogP contribution in [0.3, 0.4) is 0 Å². The van der Waals surface area contributed by atoms with E-state index in [1.165, 1.54) is 0 Å². The van der Waals surface area contributed by atoms with Crippen molar-refractivity contribution in [3.63, 3.8) is 0 Å². The Balaban J connectivity index is 2.48. The van der Waals surface area contributed by atoms with Gasteiger partial charge in [0.2, 0.25) is 0 Å². The minimum absolute atomic E-state index is 0.0678. The molecule has 2 aromatic rings. The number of nitrogens with zero attached hydrogens (tertiary/aromatic N) is 2. The molecular weight excluding hydrogens is 188 g/mol. The highest BCUT2D eigenvalue weighted by Gasteiger charge is 2.17. The summed E-state index contributed by atoms with van der Waals surface area (Å²) in [5.74, 6) is 0.247. The standard InChI is InChI=1S/C12H14N2O/c1-3-9(2)12(15)10-8-13-14-7-5-4-6-11(10)14/h4-9H,3H2,1-2H3. The van der Waals surface area contributed by atoms with E-state index in [1.807, 2.05) is 38.2 Å². The summed E-state index contributed by atoms with van der Waals surface area (Å²) < 4.78 is 1.73. The van der Waals surface area contributed by atoms with Gasteiger partial charge in [-0.05, 0) is 18.6 Å². The van der Waals surface area contributed by atoms with E-state index in [0.717, 1.165) is 17.5 Å². The Kier molecular flexibility index (Phi) is 2.54. The zero-order valence-electron chi connectivity index (χ0n) is 8.97. The van der Waals surface area contributed by atoms with E-state index in [1.54, 1.807) is 10.7 Å². The van der Waals surface area contributed by atoms with Crippen molar-refractivity contribution in [3.05, 3.63) is 36.2 Å². The van der Waals surface area contributed by atoms with Crippen LogP contribution in [0.25, 0.3) is 5.52 Å². The van der Waals surface area contributed by atoms with E-state index >= 15 is 0 Å². The quantitative estimate of drug-likeness (QED) is 0.717. The normalized spacial score (nSPS) is 12.9. The number of aromatic nitrogens is 2. The molecule has 0 amide bonds. The highest BCUT2D eigenvalue weighted by atomic mass is 16.1. The maximum atomic E-state index is 12.0. The van der Waals surface area contributed by atoms with Crippen molar-refractivity contribution in [2.45, 2.75) is 20.3 Å². The van der Waals surface area contributed by atoms with Gasteiger partial charge in [0.25, 0.3) is 0 Å². The summed E-state index contributed by atoms with van der Waals surface area (Å²) in [7, 11) is 0. The Labute approximate surface area is 88.7 Å². The molecule has 3 nitrogen and oxygen atoms in total. The van der Waals surface area contributed by atoms with Crippen LogP contribution in [0, 0.1) is 5.92 Å². The van der Waals surface area contributed by atoms with Gasteiger partial charge >= 0.3 is 0 Å². The predicted octanol–water partition coefficient (Wildman–Crippen LogP) is 2.56. The van der Waals surface area contributed by atoms with Crippen LogP contribution >= 0.6 is 0 Å². The summed E-state index contributed by atoms with van der Waals surface area (Å²) in [5, 5.41) is 4.15. The third-order valence-electron chi connectivity index (χ3n) is 2.75. The van der Waals surface area contributed by atoms with Crippen LogP contribution < -0.4 is 0 Å². The second-order valence-electron chi connectivity index (χ2n) is 3.76. The molecule has 1 unspecified atom stereocenters. The first kappa shape index (κ1) is 9.90. The van der Waals surface area contributed by atoms with Gasteiger partial charge in [0.1, 0.15) is 0 Å². The Morgan fingerprint density at radius 3 is 3.07 bits per heavy atom. The lowest BCUT2D eigenvalue weighted by Gasteiger charge is -2.05. The van der Waals surface area contributed by atoms with Crippen molar-refractivity contribution in [2.24, 2.45) is 5.92 Å². The lowest BCUT2D eigenvalue weighted by atomic mass is 9.98. The monoisotopic (exact) mass is 202 g/mol. The van der Waals surface area contributed by atoms with Crippen LogP contribution in [-0.2, 0) is 0 Å². The van der Waals surface area contributed by atoms with E-state index < -0.39 is 0 Å². The van der Waals surface area contributed by atoms with Crippen molar-refractivity contribution in [1.29, 1.82) is 0 Å². The largest absolute Gasteiger partial charge is 0.294 e. The van der Waals surface area contributed by atoms with Crippen LogP contribution in [0.2, 0.25) is 0 Å². The molecule has 0 aromatic carbocycles. The SMILES string of the molecule is CCC(C)C(=O)c1cnn2ccccc12. The highest BCUT2D eigenvalue weighted by molar-refractivity contribution is 6.03. The first-order valence-corrected chi connectivity index (χ1v) is 5.20. The van der Waals surface area contributed by atoms with Crippen LogP contribution in [0.4, 0.5) is 0 Å². The number of rotatable bonds is 3. The average molecular weight is 202 g/mol. The molecule has 3 heteroatoms. The van der Waals surface area contributed by atoms with Gasteiger partial charge in [-0.25, -0.2) is 4.52 Å². The molecule has 0 aliphatic heterocycles. The second kappa shape index (κ2) is 3.85. The van der Waals surface area contributed by atoms with Gasteiger partial charge in [-0.1, -0.05) is 19.9 Å². The molecule has 0 aliphatic rings. The van der Waals surface area contributed by atoms with Crippen molar-refractivity contribution in [2.75, 3.05) is 0 Å². The molecule has 2 heterocycles. The molecule has 0 saturated carbocycles. The lowest BCUT2D eigenvalue weighted by molar-refractivity contribution is 0.0929. The highest BCUT2D eigenvalue weighted by Crippen LogP contribution is 2.16. The number of hydrogen-bond acceptors (Lipinski definition) is 2. The van der Waals surface area contributed by atoms with Gasteiger partial charge in [0.05, 0.1) is 17.3 Å². The second-order valence-corrected chi connectivity index (χ2v) is 3.76. The summed E-state index contributed by atoms with van der Waals surface area (Å²) >= 11 is 0. The molecule has 0 saturated heterocycles. The third kappa shape index (κ3) is 1.65. The van der Waals surface area contributed by atoms with Crippen LogP contribution in [0.1, 0.15) is 30.6 Å². The first-order chi connectivity index (χ1) is 7.24. The number of hydrogen-bond donors (Lipinski definition) is 0. The van der Waals surface area contributed by atoms with Crippen molar-refractivity contribution < 1.29 is 4.79 Å². The van der Waals surface area contributed by atoms with E-state index in [-0.39, 0.29) is 11.7 Å². The van der Waals surface area contributed by atoms with Gasteiger partial charge in [-0.3, -0.25) is 4.79 Å². The van der Waals surface area contributed by atoms with Crippen molar-refractivity contribution >= 4 is 11.3 Å². The molecule has 15 heavy (non-hydrogen) atoms. The summed E-state index contributed by atoms with van der Waals surface area (Å²) in [6.07, 6.45) is 4.37. The van der Waals surface area contributed by atoms with E-state index in [4.69, 9.17) is 0 Å².